The highest BCUT2D eigenvalue weighted by atomic mass is 32.1. The molecule has 0 radical (unpaired) electrons. The van der Waals surface area contributed by atoms with Crippen LogP contribution in [0.25, 0.3) is 0 Å². The van der Waals surface area contributed by atoms with Crippen LogP contribution in [-0.2, 0) is 11.2 Å². The lowest BCUT2D eigenvalue weighted by molar-refractivity contribution is -0.119. The Balaban J connectivity index is 0.000000921. The molecule has 1 aromatic rings. The van der Waals surface area contributed by atoms with Crippen molar-refractivity contribution in [3.05, 3.63) is 35.9 Å². The molecule has 1 rings (SSSR count). The number of nitrogens with two attached hydrogens (primary N) is 1. The van der Waals surface area contributed by atoms with E-state index in [9.17, 15) is 4.79 Å². The van der Waals surface area contributed by atoms with E-state index < -0.39 is 0 Å². The molecule has 1 amide bonds. The van der Waals surface area contributed by atoms with Crippen molar-refractivity contribution in [3.8, 4) is 0 Å². The van der Waals surface area contributed by atoms with Crippen LogP contribution in [-0.4, -0.2) is 11.0 Å². The summed E-state index contributed by atoms with van der Waals surface area (Å²) in [5.41, 5.74) is 6.09. The molecule has 0 saturated heterocycles. The van der Waals surface area contributed by atoms with Crippen molar-refractivity contribution in [2.24, 2.45) is 5.73 Å². The average Bonchev–Trinajstić information content (AvgIpc) is 2.21. The van der Waals surface area contributed by atoms with Gasteiger partial charge in [-0.05, 0) is 17.8 Å². The van der Waals surface area contributed by atoms with Gasteiger partial charge in [-0.25, -0.2) is 0 Å². The molecule has 3 nitrogen and oxygen atoms in total. The molecular formula is C11H16N2OS. The summed E-state index contributed by atoms with van der Waals surface area (Å²) in [7, 11) is 0. The third kappa shape index (κ3) is 6.62. The predicted octanol–water partition coefficient (Wildman–Crippen LogP) is 1.62. The normalized spacial score (nSPS) is 8.40. The first-order valence-electron chi connectivity index (χ1n) is 4.81. The van der Waals surface area contributed by atoms with Gasteiger partial charge in [0, 0.05) is 0 Å². The fourth-order valence-electron chi connectivity index (χ4n) is 0.963. The Bertz CT molecular complexity index is 312. The van der Waals surface area contributed by atoms with E-state index in [1.165, 1.54) is 0 Å². The van der Waals surface area contributed by atoms with Gasteiger partial charge in [0.25, 0.3) is 0 Å². The molecule has 0 saturated carbocycles. The van der Waals surface area contributed by atoms with Gasteiger partial charge in [-0.1, -0.05) is 44.2 Å². The third-order valence-electron chi connectivity index (χ3n) is 1.47. The number of hydrogen-bond donors (Lipinski definition) is 2. The Hall–Kier alpha value is -1.42. The molecule has 0 unspecified atom stereocenters. The Morgan fingerprint density at radius 2 is 1.87 bits per heavy atom. The molecule has 82 valence electrons. The summed E-state index contributed by atoms with van der Waals surface area (Å²) in [6.07, 6.45) is 0.304. The van der Waals surface area contributed by atoms with Gasteiger partial charge in [0.2, 0.25) is 5.91 Å². The van der Waals surface area contributed by atoms with Gasteiger partial charge >= 0.3 is 0 Å². The molecule has 15 heavy (non-hydrogen) atoms. The molecule has 0 bridgehead atoms. The highest BCUT2D eigenvalue weighted by Crippen LogP contribution is 1.98. The maximum absolute atomic E-state index is 11.1. The number of amides is 1. The molecule has 0 spiro atoms. The van der Waals surface area contributed by atoms with E-state index >= 15 is 0 Å². The second-order valence-corrected chi connectivity index (χ2v) is 3.01. The predicted molar refractivity (Wildman–Crippen MR) is 66.4 cm³/mol. The van der Waals surface area contributed by atoms with Gasteiger partial charge in [0.15, 0.2) is 5.11 Å². The van der Waals surface area contributed by atoms with Crippen molar-refractivity contribution >= 4 is 23.2 Å². The summed E-state index contributed by atoms with van der Waals surface area (Å²) in [5, 5.41) is 2.38. The van der Waals surface area contributed by atoms with Crippen LogP contribution in [0.15, 0.2) is 30.3 Å². The molecule has 0 aliphatic heterocycles. The highest BCUT2D eigenvalue weighted by Gasteiger charge is 2.02. The van der Waals surface area contributed by atoms with E-state index in [2.05, 4.69) is 17.5 Å². The molecule has 0 aliphatic rings. The minimum Gasteiger partial charge on any atom is -0.376 e. The standard InChI is InChI=1S/C9H10N2OS.C2H6/c10-9(13)11-8(12)6-7-4-2-1-3-5-7;1-2/h1-5H,6H2,(H3,10,11,12,13);1-2H3. The maximum atomic E-state index is 11.1. The summed E-state index contributed by atoms with van der Waals surface area (Å²) in [5.74, 6) is -0.182. The van der Waals surface area contributed by atoms with Crippen molar-refractivity contribution < 1.29 is 4.79 Å². The number of benzene rings is 1. The van der Waals surface area contributed by atoms with Crippen LogP contribution in [0, 0.1) is 0 Å². The lowest BCUT2D eigenvalue weighted by atomic mass is 10.1. The summed E-state index contributed by atoms with van der Waals surface area (Å²) < 4.78 is 0. The molecule has 1 aromatic carbocycles. The van der Waals surface area contributed by atoms with Gasteiger partial charge in [0.05, 0.1) is 6.42 Å². The van der Waals surface area contributed by atoms with Gasteiger partial charge in [-0.3, -0.25) is 4.79 Å². The molecular weight excluding hydrogens is 208 g/mol. The van der Waals surface area contributed by atoms with Crippen LogP contribution in [0.3, 0.4) is 0 Å². The highest BCUT2D eigenvalue weighted by molar-refractivity contribution is 7.80. The summed E-state index contributed by atoms with van der Waals surface area (Å²) in [6.45, 7) is 4.00. The summed E-state index contributed by atoms with van der Waals surface area (Å²) in [6, 6.07) is 9.40. The zero-order chi connectivity index (χ0) is 11.7. The summed E-state index contributed by atoms with van der Waals surface area (Å²) in [4.78, 5) is 11.1. The van der Waals surface area contributed by atoms with Crippen molar-refractivity contribution in [3.63, 3.8) is 0 Å². The minimum atomic E-state index is -0.182. The Morgan fingerprint density at radius 1 is 1.33 bits per heavy atom. The number of carbonyl (C=O) groups is 1. The molecule has 0 aliphatic carbocycles. The van der Waals surface area contributed by atoms with Gasteiger partial charge in [-0.2, -0.15) is 0 Å². The second kappa shape index (κ2) is 7.94. The second-order valence-electron chi connectivity index (χ2n) is 2.57. The topological polar surface area (TPSA) is 55.1 Å². The molecule has 0 heterocycles. The van der Waals surface area contributed by atoms with Gasteiger partial charge < -0.3 is 11.1 Å². The van der Waals surface area contributed by atoms with E-state index in [1.54, 1.807) is 0 Å². The zero-order valence-corrected chi connectivity index (χ0v) is 9.80. The van der Waals surface area contributed by atoms with E-state index in [0.717, 1.165) is 5.56 Å². The average molecular weight is 224 g/mol. The van der Waals surface area contributed by atoms with Crippen molar-refractivity contribution in [2.45, 2.75) is 20.3 Å². The van der Waals surface area contributed by atoms with Crippen LogP contribution in [0.2, 0.25) is 0 Å². The Kier molecular flexibility index (Phi) is 7.18. The fourth-order valence-corrected chi connectivity index (χ4v) is 1.08. The molecule has 0 aromatic heterocycles. The van der Waals surface area contributed by atoms with Crippen LogP contribution in [0.4, 0.5) is 0 Å². The van der Waals surface area contributed by atoms with Crippen LogP contribution in [0.1, 0.15) is 19.4 Å². The molecule has 4 heteroatoms. The van der Waals surface area contributed by atoms with Crippen LogP contribution >= 0.6 is 12.2 Å². The monoisotopic (exact) mass is 224 g/mol. The zero-order valence-electron chi connectivity index (χ0n) is 8.99. The quantitative estimate of drug-likeness (QED) is 0.750. The number of rotatable bonds is 2. The largest absolute Gasteiger partial charge is 0.376 e. The van der Waals surface area contributed by atoms with E-state index in [4.69, 9.17) is 5.73 Å². The van der Waals surface area contributed by atoms with Crippen molar-refractivity contribution in [1.29, 1.82) is 0 Å². The first kappa shape index (κ1) is 13.6. The number of hydrogen-bond acceptors (Lipinski definition) is 2. The SMILES string of the molecule is CC.NC(=S)NC(=O)Cc1ccccc1. The van der Waals surface area contributed by atoms with Crippen LogP contribution in [0.5, 0.6) is 0 Å². The van der Waals surface area contributed by atoms with E-state index in [0.29, 0.717) is 6.42 Å². The minimum absolute atomic E-state index is 0.0148. The summed E-state index contributed by atoms with van der Waals surface area (Å²) >= 11 is 4.53. The van der Waals surface area contributed by atoms with E-state index in [1.807, 2.05) is 44.2 Å². The number of thiocarbonyl (C=S) groups is 1. The molecule has 0 fully saturated rings. The van der Waals surface area contributed by atoms with Gasteiger partial charge in [0.1, 0.15) is 0 Å². The first-order valence-corrected chi connectivity index (χ1v) is 5.22. The van der Waals surface area contributed by atoms with Gasteiger partial charge in [-0.15, -0.1) is 0 Å². The first-order chi connectivity index (χ1) is 7.18. The Labute approximate surface area is 95.7 Å². The van der Waals surface area contributed by atoms with E-state index in [-0.39, 0.29) is 11.0 Å². The smallest absolute Gasteiger partial charge is 0.230 e. The third-order valence-corrected chi connectivity index (χ3v) is 1.57. The number of nitrogens with one attached hydrogen (secondary N) is 1. The van der Waals surface area contributed by atoms with Crippen molar-refractivity contribution in [1.82, 2.24) is 5.32 Å². The van der Waals surface area contributed by atoms with Crippen LogP contribution < -0.4 is 11.1 Å². The Morgan fingerprint density at radius 3 is 2.33 bits per heavy atom. The van der Waals surface area contributed by atoms with Crippen molar-refractivity contribution in [2.75, 3.05) is 0 Å². The molecule has 0 atom stereocenters. The lowest BCUT2D eigenvalue weighted by Crippen LogP contribution is -2.35. The molecule has 3 N–H and O–H groups in total. The lowest BCUT2D eigenvalue weighted by Gasteiger charge is -2.01. The fraction of sp³-hybridized carbons (Fsp3) is 0.273. The maximum Gasteiger partial charge on any atom is 0.230 e. The number of carbonyl (C=O) groups excluding carboxylic acids is 1.